The van der Waals surface area contributed by atoms with E-state index in [2.05, 4.69) is 68.0 Å². The van der Waals surface area contributed by atoms with E-state index in [1.54, 1.807) is 7.11 Å². The highest BCUT2D eigenvalue weighted by atomic mass is 16.5. The SMILES string of the molecule is CCc1ccc(CN(C)Cc2ccc(OCC(O)CN(CC)CC)c(OC)c2)cc1. The number of aliphatic hydroxyl groups is 1. The lowest BCUT2D eigenvalue weighted by molar-refractivity contribution is 0.0705. The van der Waals surface area contributed by atoms with Crippen molar-refractivity contribution in [3.8, 4) is 11.5 Å². The number of aliphatic hydroxyl groups excluding tert-OH is 1. The molecule has 2 rings (SSSR count). The second-order valence-corrected chi connectivity index (χ2v) is 7.78. The molecule has 0 fully saturated rings. The molecule has 1 N–H and O–H groups in total. The van der Waals surface area contributed by atoms with Crippen LogP contribution in [0.2, 0.25) is 0 Å². The summed E-state index contributed by atoms with van der Waals surface area (Å²) in [6.07, 6.45) is 0.538. The number of hydrogen-bond donors (Lipinski definition) is 1. The van der Waals surface area contributed by atoms with E-state index in [9.17, 15) is 5.11 Å². The zero-order valence-corrected chi connectivity index (χ0v) is 19.2. The Hall–Kier alpha value is -2.08. The molecule has 0 aliphatic carbocycles. The molecule has 0 radical (unpaired) electrons. The number of methoxy groups -OCH3 is 1. The van der Waals surface area contributed by atoms with Gasteiger partial charge in [0.25, 0.3) is 0 Å². The van der Waals surface area contributed by atoms with Gasteiger partial charge in [-0.15, -0.1) is 0 Å². The summed E-state index contributed by atoms with van der Waals surface area (Å²) in [6.45, 7) is 10.8. The van der Waals surface area contributed by atoms with Crippen LogP contribution in [0.5, 0.6) is 11.5 Å². The molecular formula is C25H38N2O3. The van der Waals surface area contributed by atoms with E-state index in [-0.39, 0.29) is 6.61 Å². The first-order chi connectivity index (χ1) is 14.5. The quantitative estimate of drug-likeness (QED) is 0.537. The van der Waals surface area contributed by atoms with Crippen LogP contribution in [0, 0.1) is 0 Å². The maximum atomic E-state index is 10.2. The first-order valence-corrected chi connectivity index (χ1v) is 10.9. The second-order valence-electron chi connectivity index (χ2n) is 7.78. The molecule has 2 aromatic carbocycles. The fourth-order valence-electron chi connectivity index (χ4n) is 3.51. The van der Waals surface area contributed by atoms with E-state index >= 15 is 0 Å². The van der Waals surface area contributed by atoms with E-state index in [1.807, 2.05) is 12.1 Å². The summed E-state index contributed by atoms with van der Waals surface area (Å²) in [5, 5.41) is 10.2. The molecule has 30 heavy (non-hydrogen) atoms. The number of nitrogens with zero attached hydrogens (tertiary/aromatic N) is 2. The molecule has 0 aliphatic heterocycles. The van der Waals surface area contributed by atoms with Crippen LogP contribution in [0.4, 0.5) is 0 Å². The molecule has 5 heteroatoms. The van der Waals surface area contributed by atoms with Crippen LogP contribution in [0.3, 0.4) is 0 Å². The predicted molar refractivity (Wildman–Crippen MR) is 123 cm³/mol. The fourth-order valence-corrected chi connectivity index (χ4v) is 3.51. The number of likely N-dealkylation sites (N-methyl/N-ethyl adjacent to an activating group) is 1. The van der Waals surface area contributed by atoms with Crippen molar-refractivity contribution in [3.63, 3.8) is 0 Å². The molecule has 166 valence electrons. The normalized spacial score (nSPS) is 12.4. The summed E-state index contributed by atoms with van der Waals surface area (Å²) >= 11 is 0. The lowest BCUT2D eigenvalue weighted by Gasteiger charge is -2.22. The fraction of sp³-hybridized carbons (Fsp3) is 0.520. The maximum absolute atomic E-state index is 10.2. The van der Waals surface area contributed by atoms with Gasteiger partial charge in [0.1, 0.15) is 12.7 Å². The molecular weight excluding hydrogens is 376 g/mol. The summed E-state index contributed by atoms with van der Waals surface area (Å²) in [6, 6.07) is 14.8. The molecule has 0 aliphatic rings. The molecule has 0 saturated heterocycles. The van der Waals surface area contributed by atoms with Crippen LogP contribution in [-0.4, -0.2) is 61.4 Å². The van der Waals surface area contributed by atoms with Gasteiger partial charge in [0.15, 0.2) is 11.5 Å². The molecule has 1 atom stereocenters. The Morgan fingerprint density at radius 2 is 1.47 bits per heavy atom. The van der Waals surface area contributed by atoms with Crippen LogP contribution in [0.25, 0.3) is 0 Å². The summed E-state index contributed by atoms with van der Waals surface area (Å²) in [5.74, 6) is 1.36. The van der Waals surface area contributed by atoms with Crippen molar-refractivity contribution in [3.05, 3.63) is 59.2 Å². The summed E-state index contributed by atoms with van der Waals surface area (Å²) in [7, 11) is 3.77. The average molecular weight is 415 g/mol. The van der Waals surface area contributed by atoms with Crippen molar-refractivity contribution < 1.29 is 14.6 Å². The van der Waals surface area contributed by atoms with Crippen LogP contribution in [0.15, 0.2) is 42.5 Å². The van der Waals surface area contributed by atoms with E-state index in [1.165, 1.54) is 11.1 Å². The first-order valence-electron chi connectivity index (χ1n) is 10.9. The topological polar surface area (TPSA) is 45.2 Å². The molecule has 0 aromatic heterocycles. The summed E-state index contributed by atoms with van der Waals surface area (Å²) < 4.78 is 11.4. The van der Waals surface area contributed by atoms with Gasteiger partial charge in [-0.05, 0) is 55.4 Å². The minimum atomic E-state index is -0.528. The molecule has 0 heterocycles. The van der Waals surface area contributed by atoms with Crippen molar-refractivity contribution in [1.29, 1.82) is 0 Å². The van der Waals surface area contributed by atoms with Gasteiger partial charge in [0, 0.05) is 19.6 Å². The maximum Gasteiger partial charge on any atom is 0.161 e. The van der Waals surface area contributed by atoms with Crippen molar-refractivity contribution in [2.24, 2.45) is 0 Å². The largest absolute Gasteiger partial charge is 0.493 e. The van der Waals surface area contributed by atoms with Crippen molar-refractivity contribution in [2.45, 2.75) is 46.4 Å². The molecule has 2 aromatic rings. The van der Waals surface area contributed by atoms with E-state index in [4.69, 9.17) is 9.47 Å². The number of ether oxygens (including phenoxy) is 2. The predicted octanol–water partition coefficient (Wildman–Crippen LogP) is 3.97. The van der Waals surface area contributed by atoms with Gasteiger partial charge in [-0.3, -0.25) is 4.90 Å². The van der Waals surface area contributed by atoms with Gasteiger partial charge in [-0.1, -0.05) is 51.1 Å². The smallest absolute Gasteiger partial charge is 0.161 e. The zero-order valence-electron chi connectivity index (χ0n) is 19.2. The Morgan fingerprint density at radius 3 is 2.07 bits per heavy atom. The Bertz CT molecular complexity index is 745. The van der Waals surface area contributed by atoms with E-state index < -0.39 is 6.10 Å². The van der Waals surface area contributed by atoms with Gasteiger partial charge in [0.05, 0.1) is 7.11 Å². The monoisotopic (exact) mass is 414 g/mol. The molecule has 0 amide bonds. The summed E-state index contributed by atoms with van der Waals surface area (Å²) in [4.78, 5) is 4.46. The molecule has 5 nitrogen and oxygen atoms in total. The van der Waals surface area contributed by atoms with E-state index in [0.717, 1.165) is 38.2 Å². The lowest BCUT2D eigenvalue weighted by Crippen LogP contribution is -2.35. The standard InChI is InChI=1S/C25H38N2O3/c1-6-20-9-11-21(12-10-20)16-26(4)17-22-13-14-24(25(15-22)29-5)30-19-23(28)18-27(7-2)8-3/h9-15,23,28H,6-8,16-19H2,1-5H3. The van der Waals surface area contributed by atoms with Gasteiger partial charge >= 0.3 is 0 Å². The van der Waals surface area contributed by atoms with Crippen LogP contribution >= 0.6 is 0 Å². The van der Waals surface area contributed by atoms with Gasteiger partial charge in [-0.25, -0.2) is 0 Å². The van der Waals surface area contributed by atoms with Gasteiger partial charge in [0.2, 0.25) is 0 Å². The summed E-state index contributed by atoms with van der Waals surface area (Å²) in [5.41, 5.74) is 3.84. The third-order valence-electron chi connectivity index (χ3n) is 5.36. The van der Waals surface area contributed by atoms with Gasteiger partial charge in [-0.2, -0.15) is 0 Å². The molecule has 0 spiro atoms. The highest BCUT2D eigenvalue weighted by Gasteiger charge is 2.13. The number of rotatable bonds is 13. The van der Waals surface area contributed by atoms with Crippen molar-refractivity contribution >= 4 is 0 Å². The average Bonchev–Trinajstić information content (AvgIpc) is 2.76. The first kappa shape index (κ1) is 24.2. The minimum Gasteiger partial charge on any atom is -0.493 e. The molecule has 1 unspecified atom stereocenters. The van der Waals surface area contributed by atoms with Crippen LogP contribution in [0.1, 0.15) is 37.5 Å². The number of aryl methyl sites for hydroxylation is 1. The Labute approximate surface area is 182 Å². The third kappa shape index (κ3) is 7.63. The Morgan fingerprint density at radius 1 is 0.867 bits per heavy atom. The molecule has 0 bridgehead atoms. The second kappa shape index (κ2) is 12.6. The lowest BCUT2D eigenvalue weighted by atomic mass is 10.1. The highest BCUT2D eigenvalue weighted by Crippen LogP contribution is 2.29. The Kier molecular flexibility index (Phi) is 10.1. The number of hydrogen-bond acceptors (Lipinski definition) is 5. The van der Waals surface area contributed by atoms with Crippen molar-refractivity contribution in [2.75, 3.05) is 40.4 Å². The number of benzene rings is 2. The van der Waals surface area contributed by atoms with Gasteiger partial charge < -0.3 is 19.5 Å². The Balaban J connectivity index is 1.92. The van der Waals surface area contributed by atoms with E-state index in [0.29, 0.717) is 18.0 Å². The highest BCUT2D eigenvalue weighted by molar-refractivity contribution is 5.43. The minimum absolute atomic E-state index is 0.250. The van der Waals surface area contributed by atoms with Crippen LogP contribution in [-0.2, 0) is 19.5 Å². The zero-order chi connectivity index (χ0) is 21.9. The van der Waals surface area contributed by atoms with Crippen molar-refractivity contribution in [1.82, 2.24) is 9.80 Å². The molecule has 0 saturated carbocycles. The van der Waals surface area contributed by atoms with Crippen LogP contribution < -0.4 is 9.47 Å². The third-order valence-corrected chi connectivity index (χ3v) is 5.36.